The average molecular weight is 331 g/mol. The highest BCUT2D eigenvalue weighted by Gasteiger charge is 2.43. The Bertz CT molecular complexity index is 625. The molecule has 1 fully saturated rings. The minimum atomic E-state index is -0.608. The lowest BCUT2D eigenvalue weighted by Gasteiger charge is -2.19. The number of hydrogen-bond donors (Lipinski definition) is 1. The number of urea groups is 1. The van der Waals surface area contributed by atoms with Gasteiger partial charge in [0.1, 0.15) is 12.6 Å². The molecule has 0 radical (unpaired) electrons. The zero-order chi connectivity index (χ0) is 17.9. The molecular formula is C18H25N3O3. The Labute approximate surface area is 142 Å². The fourth-order valence-electron chi connectivity index (χ4n) is 2.61. The van der Waals surface area contributed by atoms with E-state index in [1.165, 1.54) is 4.90 Å². The first-order valence-corrected chi connectivity index (χ1v) is 8.29. The highest BCUT2D eigenvalue weighted by molar-refractivity contribution is 6.15. The third kappa shape index (κ3) is 3.93. The van der Waals surface area contributed by atoms with Crippen molar-refractivity contribution in [3.8, 4) is 0 Å². The number of imide groups is 1. The highest BCUT2D eigenvalue weighted by atomic mass is 16.2. The van der Waals surface area contributed by atoms with Gasteiger partial charge < -0.3 is 5.32 Å². The number of rotatable bonds is 6. The summed E-state index contributed by atoms with van der Waals surface area (Å²) >= 11 is 0. The number of nitrogens with one attached hydrogen (secondary N) is 1. The van der Waals surface area contributed by atoms with Crippen LogP contribution < -0.4 is 10.2 Å². The lowest BCUT2D eigenvalue weighted by molar-refractivity contribution is -0.131. The largest absolute Gasteiger partial charge is 0.355 e. The van der Waals surface area contributed by atoms with Crippen molar-refractivity contribution in [2.24, 2.45) is 5.92 Å². The summed E-state index contributed by atoms with van der Waals surface area (Å²) < 4.78 is 0. The zero-order valence-electron chi connectivity index (χ0n) is 14.7. The molecule has 0 aromatic heterocycles. The first kappa shape index (κ1) is 18.0. The maximum absolute atomic E-state index is 12.6. The summed E-state index contributed by atoms with van der Waals surface area (Å²) in [6.07, 6.45) is 0.861. The SMILES string of the molecule is Cc1ccc(N2C(=O)N(CC(=O)NCCC(C)C)C(=O)[C@H]2C)cc1. The van der Waals surface area contributed by atoms with Gasteiger partial charge in [-0.2, -0.15) is 0 Å². The molecule has 6 nitrogen and oxygen atoms in total. The van der Waals surface area contributed by atoms with Crippen molar-refractivity contribution in [1.29, 1.82) is 0 Å². The molecule has 1 atom stereocenters. The molecule has 0 saturated carbocycles. The van der Waals surface area contributed by atoms with Crippen LogP contribution in [0.1, 0.15) is 32.8 Å². The predicted octanol–water partition coefficient (Wildman–Crippen LogP) is 2.31. The van der Waals surface area contributed by atoms with Gasteiger partial charge in [0.05, 0.1) is 0 Å². The van der Waals surface area contributed by atoms with Gasteiger partial charge in [-0.05, 0) is 38.3 Å². The molecule has 1 aliphatic rings. The van der Waals surface area contributed by atoms with Crippen LogP contribution in [0.15, 0.2) is 24.3 Å². The Morgan fingerprint density at radius 3 is 2.42 bits per heavy atom. The number of benzene rings is 1. The molecule has 130 valence electrons. The monoisotopic (exact) mass is 331 g/mol. The Morgan fingerprint density at radius 1 is 1.21 bits per heavy atom. The van der Waals surface area contributed by atoms with Gasteiger partial charge in [0.25, 0.3) is 5.91 Å². The van der Waals surface area contributed by atoms with Crippen molar-refractivity contribution in [3.63, 3.8) is 0 Å². The predicted molar refractivity (Wildman–Crippen MR) is 92.7 cm³/mol. The van der Waals surface area contributed by atoms with E-state index in [2.05, 4.69) is 19.2 Å². The fourth-order valence-corrected chi connectivity index (χ4v) is 2.61. The molecular weight excluding hydrogens is 306 g/mol. The first-order chi connectivity index (χ1) is 11.3. The van der Waals surface area contributed by atoms with Crippen molar-refractivity contribution >= 4 is 23.5 Å². The molecule has 1 heterocycles. The smallest absolute Gasteiger partial charge is 0.332 e. The van der Waals surface area contributed by atoms with E-state index >= 15 is 0 Å². The van der Waals surface area contributed by atoms with Crippen molar-refractivity contribution in [2.45, 2.75) is 40.2 Å². The molecule has 6 heteroatoms. The minimum Gasteiger partial charge on any atom is -0.355 e. The lowest BCUT2D eigenvalue weighted by Crippen LogP contribution is -2.41. The van der Waals surface area contributed by atoms with Gasteiger partial charge in [-0.1, -0.05) is 31.5 Å². The lowest BCUT2D eigenvalue weighted by atomic mass is 10.1. The third-order valence-electron chi connectivity index (χ3n) is 4.11. The summed E-state index contributed by atoms with van der Waals surface area (Å²) in [7, 11) is 0. The van der Waals surface area contributed by atoms with Gasteiger partial charge in [-0.15, -0.1) is 0 Å². The van der Waals surface area contributed by atoms with Crippen LogP contribution >= 0.6 is 0 Å². The topological polar surface area (TPSA) is 69.7 Å². The Balaban J connectivity index is 2.04. The first-order valence-electron chi connectivity index (χ1n) is 8.29. The van der Waals surface area contributed by atoms with Gasteiger partial charge in [-0.3, -0.25) is 19.4 Å². The summed E-state index contributed by atoms with van der Waals surface area (Å²) in [5.74, 6) is -0.174. The summed E-state index contributed by atoms with van der Waals surface area (Å²) in [6, 6.07) is 6.34. The number of anilines is 1. The summed E-state index contributed by atoms with van der Waals surface area (Å²) in [6.45, 7) is 8.09. The number of amides is 4. The molecule has 1 N–H and O–H groups in total. The molecule has 4 amide bonds. The Morgan fingerprint density at radius 2 is 1.83 bits per heavy atom. The van der Waals surface area contributed by atoms with Crippen LogP contribution in [0, 0.1) is 12.8 Å². The summed E-state index contributed by atoms with van der Waals surface area (Å²) in [5, 5.41) is 2.76. The zero-order valence-corrected chi connectivity index (χ0v) is 14.7. The van der Waals surface area contributed by atoms with Crippen molar-refractivity contribution in [1.82, 2.24) is 10.2 Å². The molecule has 1 aromatic rings. The standard InChI is InChI=1S/C18H25N3O3/c1-12(2)9-10-19-16(22)11-20-17(23)14(4)21(18(20)24)15-7-5-13(3)6-8-15/h5-8,12,14H,9-11H2,1-4H3,(H,19,22)/t14-/m1/s1. The molecule has 0 unspecified atom stereocenters. The van der Waals surface area contributed by atoms with Crippen LogP contribution in [-0.4, -0.2) is 41.9 Å². The van der Waals surface area contributed by atoms with Crippen LogP contribution in [0.25, 0.3) is 0 Å². The molecule has 2 rings (SSSR count). The molecule has 0 spiro atoms. The third-order valence-corrected chi connectivity index (χ3v) is 4.11. The molecule has 24 heavy (non-hydrogen) atoms. The van der Waals surface area contributed by atoms with Gasteiger partial charge in [0, 0.05) is 12.2 Å². The minimum absolute atomic E-state index is 0.234. The Kier molecular flexibility index (Phi) is 5.59. The molecule has 1 saturated heterocycles. The normalized spacial score (nSPS) is 17.8. The molecule has 1 aromatic carbocycles. The van der Waals surface area contributed by atoms with E-state index in [1.807, 2.05) is 31.2 Å². The fraction of sp³-hybridized carbons (Fsp3) is 0.500. The highest BCUT2D eigenvalue weighted by Crippen LogP contribution is 2.25. The van der Waals surface area contributed by atoms with E-state index in [9.17, 15) is 14.4 Å². The quantitative estimate of drug-likeness (QED) is 0.813. The maximum Gasteiger partial charge on any atom is 0.332 e. The molecule has 0 bridgehead atoms. The van der Waals surface area contributed by atoms with Gasteiger partial charge in [-0.25, -0.2) is 4.79 Å². The number of hydrogen-bond acceptors (Lipinski definition) is 3. The number of carbonyl (C=O) groups is 3. The van der Waals surface area contributed by atoms with E-state index in [1.54, 1.807) is 6.92 Å². The number of carbonyl (C=O) groups excluding carboxylic acids is 3. The summed E-state index contributed by atoms with van der Waals surface area (Å²) in [4.78, 5) is 39.4. The molecule has 0 aliphatic carbocycles. The van der Waals surface area contributed by atoms with E-state index in [4.69, 9.17) is 0 Å². The average Bonchev–Trinajstić information content (AvgIpc) is 2.72. The summed E-state index contributed by atoms with van der Waals surface area (Å²) in [5.41, 5.74) is 1.74. The van der Waals surface area contributed by atoms with E-state index in [0.29, 0.717) is 18.2 Å². The van der Waals surface area contributed by atoms with Crippen molar-refractivity contribution in [3.05, 3.63) is 29.8 Å². The van der Waals surface area contributed by atoms with Gasteiger partial charge in [0.2, 0.25) is 5.91 Å². The van der Waals surface area contributed by atoms with Gasteiger partial charge >= 0.3 is 6.03 Å². The van der Waals surface area contributed by atoms with Crippen LogP contribution in [0.2, 0.25) is 0 Å². The van der Waals surface area contributed by atoms with Crippen LogP contribution in [0.4, 0.5) is 10.5 Å². The Hall–Kier alpha value is -2.37. The number of aryl methyl sites for hydroxylation is 1. The second-order valence-corrected chi connectivity index (χ2v) is 6.62. The van der Waals surface area contributed by atoms with Crippen LogP contribution in [-0.2, 0) is 9.59 Å². The number of nitrogens with zero attached hydrogens (tertiary/aromatic N) is 2. The maximum atomic E-state index is 12.6. The van der Waals surface area contributed by atoms with E-state index < -0.39 is 12.1 Å². The van der Waals surface area contributed by atoms with Crippen LogP contribution in [0.5, 0.6) is 0 Å². The van der Waals surface area contributed by atoms with E-state index in [0.717, 1.165) is 16.9 Å². The van der Waals surface area contributed by atoms with Gasteiger partial charge in [0.15, 0.2) is 0 Å². The van der Waals surface area contributed by atoms with Crippen molar-refractivity contribution < 1.29 is 14.4 Å². The second-order valence-electron chi connectivity index (χ2n) is 6.62. The van der Waals surface area contributed by atoms with E-state index in [-0.39, 0.29) is 18.4 Å². The molecule has 1 aliphatic heterocycles. The second kappa shape index (κ2) is 7.47. The van der Waals surface area contributed by atoms with Crippen molar-refractivity contribution in [2.75, 3.05) is 18.0 Å². The van der Waals surface area contributed by atoms with Crippen LogP contribution in [0.3, 0.4) is 0 Å².